The van der Waals surface area contributed by atoms with E-state index in [0.717, 1.165) is 42.7 Å². The molecule has 24 heavy (non-hydrogen) atoms. The molecule has 2 aliphatic rings. The van der Waals surface area contributed by atoms with Gasteiger partial charge in [-0.15, -0.1) is 0 Å². The SMILES string of the molecule is CC(C)(C)OC(=O)N1Cc2ccc(NC(=O)N3CCCC3)cc2C1. The highest BCUT2D eigenvalue weighted by Gasteiger charge is 2.28. The van der Waals surface area contributed by atoms with Crippen molar-refractivity contribution in [1.29, 1.82) is 0 Å². The Morgan fingerprint density at radius 1 is 1.04 bits per heavy atom. The van der Waals surface area contributed by atoms with Crippen LogP contribution in [0.5, 0.6) is 0 Å². The first-order valence-electron chi connectivity index (χ1n) is 8.47. The average Bonchev–Trinajstić information content (AvgIpc) is 3.14. The number of nitrogens with zero attached hydrogens (tertiary/aromatic N) is 2. The Kier molecular flexibility index (Phi) is 4.39. The highest BCUT2D eigenvalue weighted by molar-refractivity contribution is 5.89. The van der Waals surface area contributed by atoms with Gasteiger partial charge in [-0.3, -0.25) is 4.90 Å². The van der Waals surface area contributed by atoms with E-state index in [1.54, 1.807) is 4.90 Å². The number of anilines is 1. The lowest BCUT2D eigenvalue weighted by molar-refractivity contribution is 0.0242. The molecule has 0 saturated carbocycles. The summed E-state index contributed by atoms with van der Waals surface area (Å²) in [6.07, 6.45) is 1.84. The van der Waals surface area contributed by atoms with Crippen molar-refractivity contribution in [3.8, 4) is 0 Å². The fraction of sp³-hybridized carbons (Fsp3) is 0.556. The van der Waals surface area contributed by atoms with Crippen molar-refractivity contribution >= 4 is 17.8 Å². The molecule has 1 N–H and O–H groups in total. The Labute approximate surface area is 142 Å². The molecule has 6 nitrogen and oxygen atoms in total. The largest absolute Gasteiger partial charge is 0.444 e. The molecule has 0 aromatic heterocycles. The maximum Gasteiger partial charge on any atom is 0.410 e. The minimum Gasteiger partial charge on any atom is -0.444 e. The van der Waals surface area contributed by atoms with Gasteiger partial charge in [-0.05, 0) is 56.9 Å². The van der Waals surface area contributed by atoms with Gasteiger partial charge in [-0.2, -0.15) is 0 Å². The van der Waals surface area contributed by atoms with Crippen LogP contribution in [0.2, 0.25) is 0 Å². The van der Waals surface area contributed by atoms with Crippen LogP contribution < -0.4 is 5.32 Å². The van der Waals surface area contributed by atoms with E-state index in [4.69, 9.17) is 4.74 Å². The summed E-state index contributed by atoms with van der Waals surface area (Å²) in [6.45, 7) is 8.29. The number of fused-ring (bicyclic) bond motifs is 1. The van der Waals surface area contributed by atoms with E-state index in [2.05, 4.69) is 5.32 Å². The van der Waals surface area contributed by atoms with Crippen molar-refractivity contribution < 1.29 is 14.3 Å². The molecule has 0 bridgehead atoms. The molecule has 6 heteroatoms. The van der Waals surface area contributed by atoms with Gasteiger partial charge in [0.05, 0.1) is 0 Å². The van der Waals surface area contributed by atoms with E-state index in [1.165, 1.54) is 0 Å². The standard InChI is InChI=1S/C18H25N3O3/c1-18(2,3)24-17(23)21-11-13-6-7-15(10-14(13)12-21)19-16(22)20-8-4-5-9-20/h6-7,10H,4-5,8-9,11-12H2,1-3H3,(H,19,22). The van der Waals surface area contributed by atoms with Gasteiger partial charge < -0.3 is 15.0 Å². The minimum absolute atomic E-state index is 0.0468. The molecule has 0 aliphatic carbocycles. The quantitative estimate of drug-likeness (QED) is 0.856. The number of likely N-dealkylation sites (tertiary alicyclic amines) is 1. The molecule has 1 fully saturated rings. The van der Waals surface area contributed by atoms with Crippen LogP contribution in [0.25, 0.3) is 0 Å². The molecule has 1 aromatic rings. The van der Waals surface area contributed by atoms with Gasteiger partial charge in [0, 0.05) is 31.9 Å². The lowest BCUT2D eigenvalue weighted by Gasteiger charge is -2.24. The summed E-state index contributed by atoms with van der Waals surface area (Å²) in [6, 6.07) is 5.77. The second kappa shape index (κ2) is 6.34. The van der Waals surface area contributed by atoms with Crippen molar-refractivity contribution in [3.05, 3.63) is 29.3 Å². The maximum atomic E-state index is 12.2. The Balaban J connectivity index is 1.63. The Hall–Kier alpha value is -2.24. The van der Waals surface area contributed by atoms with Crippen LogP contribution in [0.1, 0.15) is 44.7 Å². The lowest BCUT2D eigenvalue weighted by Crippen LogP contribution is -2.33. The second-order valence-corrected chi connectivity index (χ2v) is 7.44. The number of carbonyl (C=O) groups excluding carboxylic acids is 2. The smallest absolute Gasteiger partial charge is 0.410 e. The van der Waals surface area contributed by atoms with Crippen LogP contribution in [0.15, 0.2) is 18.2 Å². The Morgan fingerprint density at radius 2 is 1.71 bits per heavy atom. The first kappa shape index (κ1) is 16.6. The molecular weight excluding hydrogens is 306 g/mol. The number of benzene rings is 1. The van der Waals surface area contributed by atoms with Gasteiger partial charge in [-0.1, -0.05) is 6.07 Å². The van der Waals surface area contributed by atoms with Gasteiger partial charge in [0.15, 0.2) is 0 Å². The summed E-state index contributed by atoms with van der Waals surface area (Å²) >= 11 is 0. The van der Waals surface area contributed by atoms with Gasteiger partial charge >= 0.3 is 12.1 Å². The van der Waals surface area contributed by atoms with Crippen LogP contribution in [0.4, 0.5) is 15.3 Å². The van der Waals surface area contributed by atoms with E-state index in [9.17, 15) is 9.59 Å². The van der Waals surface area contributed by atoms with E-state index >= 15 is 0 Å². The maximum absolute atomic E-state index is 12.2. The summed E-state index contributed by atoms with van der Waals surface area (Å²) in [5, 5.41) is 2.95. The molecule has 0 radical (unpaired) electrons. The normalized spacial score (nSPS) is 17.0. The van der Waals surface area contributed by atoms with E-state index in [1.807, 2.05) is 43.9 Å². The van der Waals surface area contributed by atoms with Gasteiger partial charge in [0.1, 0.15) is 5.60 Å². The van der Waals surface area contributed by atoms with Gasteiger partial charge in [0.25, 0.3) is 0 Å². The second-order valence-electron chi connectivity index (χ2n) is 7.44. The average molecular weight is 331 g/mol. The van der Waals surface area contributed by atoms with Crippen molar-refractivity contribution in [2.24, 2.45) is 0 Å². The lowest BCUT2D eigenvalue weighted by atomic mass is 10.1. The molecule has 130 valence electrons. The summed E-state index contributed by atoms with van der Waals surface area (Å²) in [5.74, 6) is 0. The number of hydrogen-bond acceptors (Lipinski definition) is 3. The molecule has 2 aliphatic heterocycles. The fourth-order valence-corrected chi connectivity index (χ4v) is 3.05. The zero-order valence-electron chi connectivity index (χ0n) is 14.6. The summed E-state index contributed by atoms with van der Waals surface area (Å²) in [5.41, 5.74) is 2.43. The number of urea groups is 1. The first-order valence-corrected chi connectivity index (χ1v) is 8.47. The monoisotopic (exact) mass is 331 g/mol. The predicted octanol–water partition coefficient (Wildman–Crippen LogP) is 3.57. The van der Waals surface area contributed by atoms with Crippen LogP contribution in [0.3, 0.4) is 0 Å². The first-order chi connectivity index (χ1) is 11.3. The van der Waals surface area contributed by atoms with Crippen LogP contribution in [-0.2, 0) is 17.8 Å². The number of ether oxygens (including phenoxy) is 1. The number of amides is 3. The van der Waals surface area contributed by atoms with Gasteiger partial charge in [-0.25, -0.2) is 9.59 Å². The van der Waals surface area contributed by atoms with Crippen LogP contribution >= 0.6 is 0 Å². The number of hydrogen-bond donors (Lipinski definition) is 1. The molecule has 1 aromatic carbocycles. The zero-order chi connectivity index (χ0) is 17.3. The molecule has 0 unspecified atom stereocenters. The third kappa shape index (κ3) is 3.80. The van der Waals surface area contributed by atoms with Gasteiger partial charge in [0.2, 0.25) is 0 Å². The zero-order valence-corrected chi connectivity index (χ0v) is 14.6. The molecule has 3 rings (SSSR count). The topological polar surface area (TPSA) is 61.9 Å². The molecule has 2 heterocycles. The Morgan fingerprint density at radius 3 is 2.38 bits per heavy atom. The van der Waals surface area contributed by atoms with Crippen LogP contribution in [-0.4, -0.2) is 40.6 Å². The minimum atomic E-state index is -0.499. The number of nitrogens with one attached hydrogen (secondary N) is 1. The molecule has 0 atom stereocenters. The Bertz CT molecular complexity index is 645. The van der Waals surface area contributed by atoms with Crippen LogP contribution in [0, 0.1) is 0 Å². The highest BCUT2D eigenvalue weighted by atomic mass is 16.6. The fourth-order valence-electron chi connectivity index (χ4n) is 3.05. The van der Waals surface area contributed by atoms with E-state index < -0.39 is 5.60 Å². The molecule has 1 saturated heterocycles. The summed E-state index contributed by atoms with van der Waals surface area (Å²) < 4.78 is 5.43. The summed E-state index contributed by atoms with van der Waals surface area (Å²) in [4.78, 5) is 27.9. The van der Waals surface area contributed by atoms with Crippen molar-refractivity contribution in [2.75, 3.05) is 18.4 Å². The summed E-state index contributed by atoms with van der Waals surface area (Å²) in [7, 11) is 0. The molecular formula is C18H25N3O3. The van der Waals surface area contributed by atoms with Crippen molar-refractivity contribution in [1.82, 2.24) is 9.80 Å². The molecule has 0 spiro atoms. The predicted molar refractivity (Wildman–Crippen MR) is 91.7 cm³/mol. The molecule has 3 amide bonds. The third-order valence-electron chi connectivity index (χ3n) is 4.22. The number of carbonyl (C=O) groups is 2. The van der Waals surface area contributed by atoms with Crippen molar-refractivity contribution in [3.63, 3.8) is 0 Å². The van der Waals surface area contributed by atoms with Crippen molar-refractivity contribution in [2.45, 2.75) is 52.3 Å². The highest BCUT2D eigenvalue weighted by Crippen LogP contribution is 2.27. The van der Waals surface area contributed by atoms with E-state index in [0.29, 0.717) is 13.1 Å². The number of rotatable bonds is 1. The van der Waals surface area contributed by atoms with E-state index in [-0.39, 0.29) is 12.1 Å². The third-order valence-corrected chi connectivity index (χ3v) is 4.22.